The standard InChI is InChI=1S/C31H26N4O3/c1-31(2)27(28(31)30(36)37)29-34-25-15-23(38-18-22-12-11-21-5-3-4-6-24(21)33-22)13-14-26(25)35(29)17-20-9-7-19(16-32)8-10-20/h3-15,27-28H,17-18H2,1-2H3,(H,36,37)/t27-,28+/m0/s1. The smallest absolute Gasteiger partial charge is 0.307 e. The molecule has 38 heavy (non-hydrogen) atoms. The lowest BCUT2D eigenvalue weighted by atomic mass is 10.1. The Hall–Kier alpha value is -4.70. The molecule has 0 amide bonds. The van der Waals surface area contributed by atoms with Gasteiger partial charge in [-0.3, -0.25) is 4.79 Å². The molecule has 3 aromatic carbocycles. The first-order valence-corrected chi connectivity index (χ1v) is 12.5. The number of pyridine rings is 1. The molecule has 0 aliphatic heterocycles. The zero-order chi connectivity index (χ0) is 26.4. The minimum Gasteiger partial charge on any atom is -0.487 e. The number of rotatable bonds is 7. The van der Waals surface area contributed by atoms with Crippen molar-refractivity contribution in [3.8, 4) is 11.8 Å². The van der Waals surface area contributed by atoms with Crippen molar-refractivity contribution in [2.24, 2.45) is 11.3 Å². The van der Waals surface area contributed by atoms with Crippen molar-refractivity contribution in [3.63, 3.8) is 0 Å². The first-order chi connectivity index (χ1) is 18.3. The van der Waals surface area contributed by atoms with Crippen LogP contribution in [0, 0.1) is 22.7 Å². The Balaban J connectivity index is 1.33. The number of nitrogens with zero attached hydrogens (tertiary/aromatic N) is 4. The van der Waals surface area contributed by atoms with E-state index in [1.807, 2.05) is 80.6 Å². The van der Waals surface area contributed by atoms with Crippen LogP contribution in [0.2, 0.25) is 0 Å². The molecule has 2 atom stereocenters. The molecule has 0 radical (unpaired) electrons. The van der Waals surface area contributed by atoms with E-state index in [-0.39, 0.29) is 5.92 Å². The molecule has 0 saturated heterocycles. The number of imidazole rings is 1. The molecule has 0 bridgehead atoms. The quantitative estimate of drug-likeness (QED) is 0.297. The summed E-state index contributed by atoms with van der Waals surface area (Å²) in [6.45, 7) is 4.81. The lowest BCUT2D eigenvalue weighted by molar-refractivity contribution is -0.139. The molecule has 2 aromatic heterocycles. The summed E-state index contributed by atoms with van der Waals surface area (Å²) >= 11 is 0. The molecule has 1 saturated carbocycles. The van der Waals surface area contributed by atoms with Gasteiger partial charge in [0.15, 0.2) is 0 Å². The Kier molecular flexibility index (Phi) is 5.61. The van der Waals surface area contributed by atoms with E-state index in [9.17, 15) is 9.90 Å². The molecular weight excluding hydrogens is 476 g/mol. The monoisotopic (exact) mass is 502 g/mol. The Morgan fingerprint density at radius 1 is 1.03 bits per heavy atom. The summed E-state index contributed by atoms with van der Waals surface area (Å²) < 4.78 is 8.18. The highest BCUT2D eigenvalue weighted by atomic mass is 16.5. The summed E-state index contributed by atoms with van der Waals surface area (Å²) in [5.41, 5.74) is 4.64. The number of nitriles is 1. The molecule has 5 aromatic rings. The van der Waals surface area contributed by atoms with Crippen LogP contribution in [0.5, 0.6) is 5.75 Å². The molecule has 7 heteroatoms. The lowest BCUT2D eigenvalue weighted by Crippen LogP contribution is -2.07. The first kappa shape index (κ1) is 23.7. The Labute approximate surface area is 220 Å². The van der Waals surface area contributed by atoms with Crippen LogP contribution in [0.25, 0.3) is 21.9 Å². The largest absolute Gasteiger partial charge is 0.487 e. The number of carbonyl (C=O) groups is 1. The minimum absolute atomic E-state index is 0.197. The van der Waals surface area contributed by atoms with Crippen molar-refractivity contribution in [1.82, 2.24) is 14.5 Å². The van der Waals surface area contributed by atoms with E-state index >= 15 is 0 Å². The average molecular weight is 503 g/mol. The summed E-state index contributed by atoms with van der Waals surface area (Å²) in [7, 11) is 0. The number of carboxylic acids is 1. The van der Waals surface area contributed by atoms with Gasteiger partial charge in [-0.05, 0) is 47.4 Å². The molecule has 6 rings (SSSR count). The van der Waals surface area contributed by atoms with Crippen LogP contribution in [0.15, 0.2) is 78.9 Å². The van der Waals surface area contributed by atoms with Crippen molar-refractivity contribution in [2.75, 3.05) is 0 Å². The molecule has 1 aliphatic rings. The zero-order valence-corrected chi connectivity index (χ0v) is 21.1. The van der Waals surface area contributed by atoms with Gasteiger partial charge >= 0.3 is 5.97 Å². The number of aliphatic carboxylic acids is 1. The van der Waals surface area contributed by atoms with E-state index in [0.29, 0.717) is 24.5 Å². The Morgan fingerprint density at radius 3 is 2.55 bits per heavy atom. The van der Waals surface area contributed by atoms with Gasteiger partial charge in [0, 0.05) is 23.9 Å². The molecular formula is C31H26N4O3. The number of hydrogen-bond donors (Lipinski definition) is 1. The zero-order valence-electron chi connectivity index (χ0n) is 21.1. The third-order valence-electron chi connectivity index (χ3n) is 7.59. The average Bonchev–Trinajstić information content (AvgIpc) is 3.34. The predicted molar refractivity (Wildman–Crippen MR) is 144 cm³/mol. The fraction of sp³-hybridized carbons (Fsp3) is 0.226. The third-order valence-corrected chi connectivity index (χ3v) is 7.59. The fourth-order valence-corrected chi connectivity index (χ4v) is 5.42. The summed E-state index contributed by atoms with van der Waals surface area (Å²) in [6.07, 6.45) is 0. The van der Waals surface area contributed by atoms with Gasteiger partial charge in [0.25, 0.3) is 0 Å². The maximum atomic E-state index is 12.0. The highest BCUT2D eigenvalue weighted by molar-refractivity contribution is 5.81. The summed E-state index contributed by atoms with van der Waals surface area (Å²) in [5, 5.41) is 20.1. The number of fused-ring (bicyclic) bond motifs is 2. The maximum absolute atomic E-state index is 12.0. The molecule has 1 fully saturated rings. The number of benzene rings is 3. The topological polar surface area (TPSA) is 101 Å². The first-order valence-electron chi connectivity index (χ1n) is 12.5. The van der Waals surface area contributed by atoms with E-state index in [0.717, 1.165) is 39.0 Å². The van der Waals surface area contributed by atoms with Crippen molar-refractivity contribution in [2.45, 2.75) is 32.9 Å². The van der Waals surface area contributed by atoms with Gasteiger partial charge in [0.05, 0.1) is 39.8 Å². The minimum atomic E-state index is -0.802. The number of para-hydroxylation sites is 1. The third kappa shape index (κ3) is 4.14. The van der Waals surface area contributed by atoms with Crippen LogP contribution in [0.4, 0.5) is 0 Å². The number of hydrogen-bond acceptors (Lipinski definition) is 5. The maximum Gasteiger partial charge on any atom is 0.307 e. The molecule has 1 N–H and O–H groups in total. The van der Waals surface area contributed by atoms with Crippen LogP contribution in [-0.4, -0.2) is 25.6 Å². The second kappa shape index (κ2) is 9.00. The normalized spacial score (nSPS) is 17.8. The molecule has 188 valence electrons. The number of carboxylic acid groups (broad SMARTS) is 1. The fourth-order valence-electron chi connectivity index (χ4n) is 5.42. The van der Waals surface area contributed by atoms with Crippen LogP contribution in [0.3, 0.4) is 0 Å². The van der Waals surface area contributed by atoms with E-state index in [4.69, 9.17) is 15.0 Å². The van der Waals surface area contributed by atoms with Crippen molar-refractivity contribution in [1.29, 1.82) is 5.26 Å². The summed E-state index contributed by atoms with van der Waals surface area (Å²) in [5.74, 6) is -0.0588. The van der Waals surface area contributed by atoms with E-state index in [1.54, 1.807) is 12.1 Å². The van der Waals surface area contributed by atoms with Crippen molar-refractivity contribution >= 4 is 27.9 Å². The molecule has 0 spiro atoms. The van der Waals surface area contributed by atoms with E-state index < -0.39 is 17.3 Å². The summed E-state index contributed by atoms with van der Waals surface area (Å²) in [4.78, 5) is 21.6. The van der Waals surface area contributed by atoms with Gasteiger partial charge in [-0.15, -0.1) is 0 Å². The van der Waals surface area contributed by atoms with Crippen molar-refractivity contribution < 1.29 is 14.6 Å². The number of ether oxygens (including phenoxy) is 1. The van der Waals surface area contributed by atoms with Gasteiger partial charge in [0.1, 0.15) is 18.2 Å². The molecule has 2 heterocycles. The van der Waals surface area contributed by atoms with E-state index in [1.165, 1.54) is 0 Å². The van der Waals surface area contributed by atoms with Crippen molar-refractivity contribution in [3.05, 3.63) is 102 Å². The van der Waals surface area contributed by atoms with Crippen LogP contribution < -0.4 is 4.74 Å². The molecule has 0 unspecified atom stereocenters. The van der Waals surface area contributed by atoms with Gasteiger partial charge in [-0.25, -0.2) is 9.97 Å². The highest BCUT2D eigenvalue weighted by Gasteiger charge is 2.64. The lowest BCUT2D eigenvalue weighted by Gasteiger charge is -2.11. The van der Waals surface area contributed by atoms with E-state index in [2.05, 4.69) is 15.6 Å². The molecule has 7 nitrogen and oxygen atoms in total. The van der Waals surface area contributed by atoms with Crippen LogP contribution >= 0.6 is 0 Å². The summed E-state index contributed by atoms with van der Waals surface area (Å²) in [6, 6.07) is 27.4. The predicted octanol–water partition coefficient (Wildman–Crippen LogP) is 5.91. The van der Waals surface area contributed by atoms with Gasteiger partial charge in [-0.2, -0.15) is 5.26 Å². The number of aromatic nitrogens is 3. The van der Waals surface area contributed by atoms with Crippen LogP contribution in [-0.2, 0) is 17.9 Å². The second-order valence-corrected chi connectivity index (χ2v) is 10.4. The molecule has 1 aliphatic carbocycles. The second-order valence-electron chi connectivity index (χ2n) is 10.4. The SMILES string of the molecule is CC1(C)[C@H](c2nc3cc(OCc4ccc5ccccc5n4)ccc3n2Cc2ccc(C#N)cc2)[C@@H]1C(=O)O. The Morgan fingerprint density at radius 2 is 1.82 bits per heavy atom. The van der Waals surface area contributed by atoms with Gasteiger partial charge in [-0.1, -0.05) is 50.2 Å². The Bertz CT molecular complexity index is 1730. The highest BCUT2D eigenvalue weighted by Crippen LogP contribution is 2.64. The van der Waals surface area contributed by atoms with Gasteiger partial charge in [0.2, 0.25) is 0 Å². The van der Waals surface area contributed by atoms with Gasteiger partial charge < -0.3 is 14.4 Å². The van der Waals surface area contributed by atoms with Crippen LogP contribution in [0.1, 0.15) is 42.4 Å².